The van der Waals surface area contributed by atoms with E-state index >= 15 is 0 Å². The van der Waals surface area contributed by atoms with Gasteiger partial charge >= 0.3 is 5.97 Å². The monoisotopic (exact) mass is 422 g/mol. The van der Waals surface area contributed by atoms with Crippen LogP contribution < -0.4 is 4.74 Å². The summed E-state index contributed by atoms with van der Waals surface area (Å²) in [6, 6.07) is 14.9. The predicted molar refractivity (Wildman–Crippen MR) is 123 cm³/mol. The van der Waals surface area contributed by atoms with Gasteiger partial charge in [-0.25, -0.2) is 4.79 Å². The van der Waals surface area contributed by atoms with Crippen molar-refractivity contribution in [2.75, 3.05) is 0 Å². The van der Waals surface area contributed by atoms with E-state index in [1.165, 1.54) is 50.5 Å². The van der Waals surface area contributed by atoms with E-state index in [0.29, 0.717) is 22.3 Å². The number of carbonyl (C=O) groups is 1. The van der Waals surface area contributed by atoms with E-state index in [4.69, 9.17) is 16.3 Å². The van der Waals surface area contributed by atoms with Crippen LogP contribution in [0.25, 0.3) is 0 Å². The average molecular weight is 423 g/mol. The molecule has 2 nitrogen and oxygen atoms in total. The normalized spacial score (nSPS) is 25.9. The van der Waals surface area contributed by atoms with Crippen LogP contribution >= 0.6 is 11.6 Å². The lowest BCUT2D eigenvalue weighted by molar-refractivity contribution is 0.0734. The SMILES string of the molecule is C=CCCC1CCC2CC(c3ccc(C(=O)Oc4ccc(Cl)cc4)cc3)CCC2C1. The van der Waals surface area contributed by atoms with Gasteiger partial charge in [0.05, 0.1) is 5.56 Å². The maximum atomic E-state index is 12.4. The van der Waals surface area contributed by atoms with Crippen molar-refractivity contribution in [3.8, 4) is 5.75 Å². The zero-order valence-electron chi connectivity index (χ0n) is 17.6. The molecule has 4 atom stereocenters. The zero-order valence-corrected chi connectivity index (χ0v) is 18.3. The van der Waals surface area contributed by atoms with Crippen LogP contribution in [0.4, 0.5) is 0 Å². The fraction of sp³-hybridized carbons (Fsp3) is 0.444. The molecule has 2 fully saturated rings. The molecule has 2 aromatic carbocycles. The Morgan fingerprint density at radius 2 is 1.67 bits per heavy atom. The van der Waals surface area contributed by atoms with Crippen LogP contribution in [0.3, 0.4) is 0 Å². The minimum Gasteiger partial charge on any atom is -0.423 e. The highest BCUT2D eigenvalue weighted by molar-refractivity contribution is 6.30. The van der Waals surface area contributed by atoms with Crippen molar-refractivity contribution in [1.29, 1.82) is 0 Å². The molecule has 4 unspecified atom stereocenters. The first-order valence-corrected chi connectivity index (χ1v) is 11.7. The number of allylic oxidation sites excluding steroid dienone is 1. The van der Waals surface area contributed by atoms with Gasteiger partial charge in [0, 0.05) is 5.02 Å². The molecule has 0 aliphatic heterocycles. The molecule has 4 rings (SSSR count). The molecular formula is C27H31ClO2. The summed E-state index contributed by atoms with van der Waals surface area (Å²) in [5.74, 6) is 3.50. The van der Waals surface area contributed by atoms with Crippen LogP contribution in [0, 0.1) is 17.8 Å². The summed E-state index contributed by atoms with van der Waals surface area (Å²) >= 11 is 5.88. The Labute approximate surface area is 185 Å². The molecule has 0 aromatic heterocycles. The third kappa shape index (κ3) is 5.16. The quantitative estimate of drug-likeness (QED) is 0.269. The Bertz CT molecular complexity index is 855. The van der Waals surface area contributed by atoms with Gasteiger partial charge in [0.2, 0.25) is 0 Å². The fourth-order valence-corrected chi connectivity index (χ4v) is 5.59. The molecule has 0 radical (unpaired) electrons. The smallest absolute Gasteiger partial charge is 0.343 e. The topological polar surface area (TPSA) is 26.3 Å². The van der Waals surface area contributed by atoms with E-state index in [1.807, 2.05) is 12.1 Å². The Kier molecular flexibility index (Phi) is 6.94. The molecule has 0 bridgehead atoms. The Morgan fingerprint density at radius 3 is 2.40 bits per heavy atom. The van der Waals surface area contributed by atoms with E-state index in [9.17, 15) is 4.79 Å². The second kappa shape index (κ2) is 9.83. The summed E-state index contributed by atoms with van der Waals surface area (Å²) < 4.78 is 5.45. The van der Waals surface area contributed by atoms with Gasteiger partial charge in [0.15, 0.2) is 0 Å². The number of esters is 1. The van der Waals surface area contributed by atoms with Crippen LogP contribution in [0.1, 0.15) is 73.2 Å². The van der Waals surface area contributed by atoms with Crippen LogP contribution in [-0.2, 0) is 0 Å². The lowest BCUT2D eigenvalue weighted by atomic mass is 9.63. The number of fused-ring (bicyclic) bond motifs is 1. The van der Waals surface area contributed by atoms with Gasteiger partial charge in [-0.2, -0.15) is 0 Å². The molecule has 158 valence electrons. The Hall–Kier alpha value is -2.06. The molecule has 0 spiro atoms. The van der Waals surface area contributed by atoms with Crippen LogP contribution in [-0.4, -0.2) is 5.97 Å². The fourth-order valence-electron chi connectivity index (χ4n) is 5.46. The van der Waals surface area contributed by atoms with Gasteiger partial charge < -0.3 is 4.74 Å². The molecule has 0 N–H and O–H groups in total. The van der Waals surface area contributed by atoms with Gasteiger partial charge in [0.25, 0.3) is 0 Å². The van der Waals surface area contributed by atoms with Gasteiger partial charge in [-0.15, -0.1) is 6.58 Å². The number of hydrogen-bond acceptors (Lipinski definition) is 2. The first-order valence-electron chi connectivity index (χ1n) is 11.3. The summed E-state index contributed by atoms with van der Waals surface area (Å²) in [4.78, 5) is 12.4. The number of hydrogen-bond donors (Lipinski definition) is 0. The highest BCUT2D eigenvalue weighted by Crippen LogP contribution is 2.48. The van der Waals surface area contributed by atoms with E-state index in [1.54, 1.807) is 24.3 Å². The Morgan fingerprint density at radius 1 is 0.967 bits per heavy atom. The summed E-state index contributed by atoms with van der Waals surface area (Å²) in [6.07, 6.45) is 12.7. The summed E-state index contributed by atoms with van der Waals surface area (Å²) in [7, 11) is 0. The highest BCUT2D eigenvalue weighted by atomic mass is 35.5. The standard InChI is InChI=1S/C27H31ClO2/c1-2-3-4-19-5-6-24-18-23(12-11-22(24)17-19)20-7-9-21(10-8-20)27(29)30-26-15-13-25(28)14-16-26/h2,7-10,13-16,19,22-24H,1,3-6,11-12,17-18H2. The number of carbonyl (C=O) groups excluding carboxylic acids is 1. The van der Waals surface area contributed by atoms with Gasteiger partial charge in [-0.05, 0) is 111 Å². The number of rotatable bonds is 6. The zero-order chi connectivity index (χ0) is 20.9. The van der Waals surface area contributed by atoms with Gasteiger partial charge in [0.1, 0.15) is 5.75 Å². The predicted octanol–water partition coefficient (Wildman–Crippen LogP) is 7.83. The van der Waals surface area contributed by atoms with E-state index in [-0.39, 0.29) is 5.97 Å². The van der Waals surface area contributed by atoms with Crippen molar-refractivity contribution in [2.45, 2.75) is 57.3 Å². The first kappa shape index (κ1) is 21.2. The molecule has 2 aromatic rings. The maximum Gasteiger partial charge on any atom is 0.343 e. The van der Waals surface area contributed by atoms with E-state index in [2.05, 4.69) is 24.8 Å². The van der Waals surface area contributed by atoms with E-state index < -0.39 is 0 Å². The van der Waals surface area contributed by atoms with E-state index in [0.717, 1.165) is 24.2 Å². The minimum atomic E-state index is -0.328. The summed E-state index contributed by atoms with van der Waals surface area (Å²) in [5.41, 5.74) is 1.95. The van der Waals surface area contributed by atoms with Crippen molar-refractivity contribution in [3.63, 3.8) is 0 Å². The lowest BCUT2D eigenvalue weighted by Gasteiger charge is -2.42. The molecule has 3 heteroatoms. The second-order valence-electron chi connectivity index (χ2n) is 9.04. The third-order valence-electron chi connectivity index (χ3n) is 7.14. The van der Waals surface area contributed by atoms with Crippen molar-refractivity contribution >= 4 is 17.6 Å². The minimum absolute atomic E-state index is 0.328. The second-order valence-corrected chi connectivity index (χ2v) is 9.48. The van der Waals surface area contributed by atoms with Crippen molar-refractivity contribution < 1.29 is 9.53 Å². The molecule has 2 aliphatic rings. The Balaban J connectivity index is 1.33. The maximum absolute atomic E-state index is 12.4. The van der Waals surface area contributed by atoms with Crippen LogP contribution in [0.2, 0.25) is 5.02 Å². The molecular weight excluding hydrogens is 392 g/mol. The lowest BCUT2D eigenvalue weighted by Crippen LogP contribution is -2.30. The van der Waals surface area contributed by atoms with Crippen LogP contribution in [0.15, 0.2) is 61.2 Å². The molecule has 0 heterocycles. The molecule has 0 amide bonds. The van der Waals surface area contributed by atoms with Crippen LogP contribution in [0.5, 0.6) is 5.75 Å². The number of halogens is 1. The van der Waals surface area contributed by atoms with Crippen molar-refractivity contribution in [2.24, 2.45) is 17.8 Å². The third-order valence-corrected chi connectivity index (χ3v) is 7.39. The van der Waals surface area contributed by atoms with Crippen molar-refractivity contribution in [1.82, 2.24) is 0 Å². The van der Waals surface area contributed by atoms with Crippen molar-refractivity contribution in [3.05, 3.63) is 77.3 Å². The van der Waals surface area contributed by atoms with Gasteiger partial charge in [-0.3, -0.25) is 0 Å². The summed E-state index contributed by atoms with van der Waals surface area (Å²) in [5, 5.41) is 0.624. The molecule has 0 saturated heterocycles. The first-order chi connectivity index (χ1) is 14.6. The molecule has 2 aliphatic carbocycles. The molecule has 30 heavy (non-hydrogen) atoms. The molecule has 2 saturated carbocycles. The highest BCUT2D eigenvalue weighted by Gasteiger charge is 2.35. The largest absolute Gasteiger partial charge is 0.423 e. The number of ether oxygens (including phenoxy) is 1. The van der Waals surface area contributed by atoms with Gasteiger partial charge in [-0.1, -0.05) is 36.2 Å². The summed E-state index contributed by atoms with van der Waals surface area (Å²) in [6.45, 7) is 3.88. The number of benzene rings is 2. The average Bonchev–Trinajstić information content (AvgIpc) is 2.79.